The van der Waals surface area contributed by atoms with E-state index in [1.54, 1.807) is 5.43 Å². The summed E-state index contributed by atoms with van der Waals surface area (Å²) >= 11 is 0. The Bertz CT molecular complexity index is 362. The molecule has 1 aromatic rings. The van der Waals surface area contributed by atoms with Gasteiger partial charge in [0, 0.05) is 5.69 Å². The van der Waals surface area contributed by atoms with E-state index in [1.165, 1.54) is 0 Å². The average Bonchev–Trinajstić information content (AvgIpc) is 2.13. The molecule has 0 aliphatic carbocycles. The molecule has 2 N–H and O–H groups in total. The van der Waals surface area contributed by atoms with Crippen LogP contribution in [-0.4, -0.2) is 6.30 Å². The molecule has 0 atom stereocenters. The van der Waals surface area contributed by atoms with Gasteiger partial charge in [0.2, 0.25) is 0 Å². The maximum absolute atomic E-state index is 12.2. The van der Waals surface area contributed by atoms with Crippen molar-refractivity contribution in [3.05, 3.63) is 29.8 Å². The van der Waals surface area contributed by atoms with E-state index < -0.39 is 18.0 Å². The minimum atomic E-state index is -4.71. The summed E-state index contributed by atoms with van der Waals surface area (Å²) in [5.41, 5.74) is 1.17. The number of anilines is 1. The lowest BCUT2D eigenvalue weighted by atomic mass is 10.2. The number of alkyl halides is 6. The van der Waals surface area contributed by atoms with Gasteiger partial charge in [-0.25, -0.2) is 0 Å². The Hall–Kier alpha value is -1.15. The van der Waals surface area contributed by atoms with Crippen LogP contribution in [0, 0.1) is 0 Å². The fraction of sp³-hybridized carbons (Fsp3) is 0.250. The Balaban J connectivity index is 0.00000256. The SMILES string of the molecule is Cl.FC(F)(F)NNc1cccc(C(F)(F)F)c1. The first-order valence-electron chi connectivity index (χ1n) is 3.96. The van der Waals surface area contributed by atoms with Crippen molar-refractivity contribution in [1.82, 2.24) is 5.43 Å². The van der Waals surface area contributed by atoms with E-state index in [-0.39, 0.29) is 18.1 Å². The monoisotopic (exact) mass is 280 g/mol. The Kier molecular flexibility index (Phi) is 5.09. The first-order valence-corrected chi connectivity index (χ1v) is 3.96. The van der Waals surface area contributed by atoms with Crippen LogP contribution in [0.15, 0.2) is 24.3 Å². The van der Waals surface area contributed by atoms with Crippen molar-refractivity contribution in [2.75, 3.05) is 5.43 Å². The summed E-state index contributed by atoms with van der Waals surface area (Å²) < 4.78 is 71.6. The van der Waals surface area contributed by atoms with Crippen LogP contribution in [0.4, 0.5) is 32.0 Å². The van der Waals surface area contributed by atoms with Crippen LogP contribution in [0.3, 0.4) is 0 Å². The normalized spacial score (nSPS) is 11.9. The zero-order valence-corrected chi connectivity index (χ0v) is 8.80. The van der Waals surface area contributed by atoms with Crippen LogP contribution >= 0.6 is 12.4 Å². The summed E-state index contributed by atoms with van der Waals surface area (Å²) in [5.74, 6) is 0. The fourth-order valence-corrected chi connectivity index (χ4v) is 0.916. The molecule has 98 valence electrons. The molecule has 1 rings (SSSR count). The van der Waals surface area contributed by atoms with Crippen molar-refractivity contribution < 1.29 is 26.3 Å². The van der Waals surface area contributed by atoms with Crippen molar-refractivity contribution in [3.8, 4) is 0 Å². The molecular weight excluding hydrogens is 274 g/mol. The van der Waals surface area contributed by atoms with Crippen molar-refractivity contribution >= 4 is 18.1 Å². The van der Waals surface area contributed by atoms with E-state index in [0.29, 0.717) is 6.07 Å². The first kappa shape index (κ1) is 15.9. The Morgan fingerprint density at radius 1 is 0.941 bits per heavy atom. The van der Waals surface area contributed by atoms with Gasteiger partial charge in [-0.2, -0.15) is 26.3 Å². The number of rotatable bonds is 2. The van der Waals surface area contributed by atoms with Crippen LogP contribution in [0.25, 0.3) is 0 Å². The Morgan fingerprint density at radius 3 is 2.00 bits per heavy atom. The van der Waals surface area contributed by atoms with Gasteiger partial charge < -0.3 is 5.43 Å². The topological polar surface area (TPSA) is 24.1 Å². The smallest absolute Gasteiger partial charge is 0.314 e. The van der Waals surface area contributed by atoms with Gasteiger partial charge in [0.05, 0.1) is 5.56 Å². The zero-order chi connectivity index (χ0) is 12.4. The van der Waals surface area contributed by atoms with Crippen molar-refractivity contribution in [2.45, 2.75) is 12.5 Å². The molecule has 0 amide bonds. The molecule has 0 bridgehead atoms. The molecule has 0 aliphatic heterocycles. The molecule has 1 aromatic carbocycles. The predicted molar refractivity (Wildman–Crippen MR) is 51.5 cm³/mol. The molecule has 0 aromatic heterocycles. The van der Waals surface area contributed by atoms with Gasteiger partial charge in [-0.3, -0.25) is 0 Å². The van der Waals surface area contributed by atoms with Gasteiger partial charge in [-0.1, -0.05) is 6.07 Å². The highest BCUT2D eigenvalue weighted by Crippen LogP contribution is 2.30. The first-order chi connectivity index (χ1) is 7.18. The lowest BCUT2D eigenvalue weighted by molar-refractivity contribution is -0.151. The molecule has 0 heterocycles. The lowest BCUT2D eigenvalue weighted by Gasteiger charge is -2.12. The summed E-state index contributed by atoms with van der Waals surface area (Å²) in [4.78, 5) is 0. The number of hydrogen-bond donors (Lipinski definition) is 2. The molecule has 0 saturated heterocycles. The highest BCUT2D eigenvalue weighted by Gasteiger charge is 2.31. The van der Waals surface area contributed by atoms with Gasteiger partial charge in [-0.15, -0.1) is 17.8 Å². The number of hydrazine groups is 1. The summed E-state index contributed by atoms with van der Waals surface area (Å²) in [6.45, 7) is 0. The van der Waals surface area contributed by atoms with E-state index in [9.17, 15) is 26.3 Å². The maximum Gasteiger partial charge on any atom is 0.474 e. The van der Waals surface area contributed by atoms with E-state index in [2.05, 4.69) is 0 Å². The average molecular weight is 281 g/mol. The van der Waals surface area contributed by atoms with E-state index in [0.717, 1.165) is 23.6 Å². The second-order valence-electron chi connectivity index (χ2n) is 2.83. The zero-order valence-electron chi connectivity index (χ0n) is 7.99. The van der Waals surface area contributed by atoms with Crippen molar-refractivity contribution in [2.24, 2.45) is 0 Å². The molecule has 17 heavy (non-hydrogen) atoms. The minimum absolute atomic E-state index is 0. The fourth-order valence-electron chi connectivity index (χ4n) is 0.916. The van der Waals surface area contributed by atoms with Crippen LogP contribution in [0.1, 0.15) is 5.56 Å². The summed E-state index contributed by atoms with van der Waals surface area (Å²) in [6, 6.07) is 3.41. The summed E-state index contributed by atoms with van der Waals surface area (Å²) in [6.07, 6.45) is -9.30. The van der Waals surface area contributed by atoms with Gasteiger partial charge in [0.1, 0.15) is 0 Å². The molecular formula is C8H7ClF6N2. The number of hydrogen-bond acceptors (Lipinski definition) is 2. The van der Waals surface area contributed by atoms with Gasteiger partial charge in [-0.05, 0) is 18.2 Å². The highest BCUT2D eigenvalue weighted by molar-refractivity contribution is 5.85. The van der Waals surface area contributed by atoms with E-state index >= 15 is 0 Å². The van der Waals surface area contributed by atoms with Crippen LogP contribution in [-0.2, 0) is 6.18 Å². The Labute approximate surface area is 98.4 Å². The third kappa shape index (κ3) is 5.64. The third-order valence-corrected chi connectivity index (χ3v) is 1.54. The van der Waals surface area contributed by atoms with Gasteiger partial charge in [0.15, 0.2) is 0 Å². The molecule has 0 aliphatic rings. The van der Waals surface area contributed by atoms with Gasteiger partial charge in [0.25, 0.3) is 0 Å². The molecule has 0 unspecified atom stereocenters. The summed E-state index contributed by atoms with van der Waals surface area (Å²) in [5, 5.41) is 0. The molecule has 0 spiro atoms. The minimum Gasteiger partial charge on any atom is -0.314 e. The predicted octanol–water partition coefficient (Wildman–Crippen LogP) is 3.56. The largest absolute Gasteiger partial charge is 0.474 e. The van der Waals surface area contributed by atoms with Crippen LogP contribution < -0.4 is 10.9 Å². The lowest BCUT2D eigenvalue weighted by Crippen LogP contribution is -2.36. The van der Waals surface area contributed by atoms with Crippen LogP contribution in [0.5, 0.6) is 0 Å². The molecule has 0 fully saturated rings. The number of nitrogens with one attached hydrogen (secondary N) is 2. The molecule has 0 radical (unpaired) electrons. The quantitative estimate of drug-likeness (QED) is 0.492. The summed E-state index contributed by atoms with van der Waals surface area (Å²) in [7, 11) is 0. The second kappa shape index (κ2) is 5.46. The van der Waals surface area contributed by atoms with Crippen molar-refractivity contribution in [1.29, 1.82) is 0 Å². The number of benzene rings is 1. The van der Waals surface area contributed by atoms with E-state index in [4.69, 9.17) is 0 Å². The third-order valence-electron chi connectivity index (χ3n) is 1.54. The second-order valence-corrected chi connectivity index (χ2v) is 2.83. The standard InChI is InChI=1S/C8H6F6N2.ClH/c9-7(10,11)5-2-1-3-6(4-5)15-16-8(12,13)14;/h1-4,15-16H;1H. The highest BCUT2D eigenvalue weighted by atomic mass is 35.5. The maximum atomic E-state index is 12.2. The van der Waals surface area contributed by atoms with Crippen molar-refractivity contribution in [3.63, 3.8) is 0 Å². The van der Waals surface area contributed by atoms with Crippen LogP contribution in [0.2, 0.25) is 0 Å². The molecule has 2 nitrogen and oxygen atoms in total. The van der Waals surface area contributed by atoms with E-state index in [1.807, 2.05) is 0 Å². The Morgan fingerprint density at radius 2 is 1.53 bits per heavy atom. The van der Waals surface area contributed by atoms with Gasteiger partial charge >= 0.3 is 12.5 Å². The molecule has 9 heteroatoms. The number of halogens is 7. The molecule has 0 saturated carbocycles.